The van der Waals surface area contributed by atoms with E-state index in [-0.39, 0.29) is 11.6 Å². The molecule has 20 heavy (non-hydrogen) atoms. The van der Waals surface area contributed by atoms with Gasteiger partial charge in [-0.3, -0.25) is 0 Å². The van der Waals surface area contributed by atoms with Gasteiger partial charge in [-0.2, -0.15) is 0 Å². The lowest BCUT2D eigenvalue weighted by Crippen LogP contribution is -2.28. The molecule has 6 nitrogen and oxygen atoms in total. The van der Waals surface area contributed by atoms with Crippen LogP contribution in [0.4, 0.5) is 0 Å². The lowest BCUT2D eigenvalue weighted by Gasteiger charge is -2.09. The predicted molar refractivity (Wildman–Crippen MR) is 77.9 cm³/mol. The second-order valence-corrected chi connectivity index (χ2v) is 6.35. The van der Waals surface area contributed by atoms with Crippen LogP contribution >= 0.6 is 0 Å². The molecular formula is C13H23N3O3S. The van der Waals surface area contributed by atoms with Crippen LogP contribution in [0.3, 0.4) is 0 Å². The van der Waals surface area contributed by atoms with E-state index >= 15 is 0 Å². The van der Waals surface area contributed by atoms with Crippen molar-refractivity contribution >= 4 is 10.0 Å². The Kier molecular flexibility index (Phi) is 7.08. The summed E-state index contributed by atoms with van der Waals surface area (Å²) in [5, 5.41) is 3.28. The number of sulfonamides is 1. The third-order valence-corrected chi connectivity index (χ3v) is 3.91. The second kappa shape index (κ2) is 8.31. The van der Waals surface area contributed by atoms with Crippen molar-refractivity contribution in [1.82, 2.24) is 15.0 Å². The Morgan fingerprint density at radius 3 is 2.65 bits per heavy atom. The van der Waals surface area contributed by atoms with E-state index in [1.165, 1.54) is 6.07 Å². The SMILES string of the molecule is CCOCCNS(=O)(=O)c1ccc(CNC(C)C)cn1. The number of ether oxygens (including phenoxy) is 1. The minimum Gasteiger partial charge on any atom is -0.380 e. The summed E-state index contributed by atoms with van der Waals surface area (Å²) in [6.45, 7) is 7.80. The zero-order valence-corrected chi connectivity index (χ0v) is 13.0. The van der Waals surface area contributed by atoms with E-state index in [2.05, 4.69) is 28.9 Å². The average Bonchev–Trinajstić information content (AvgIpc) is 2.42. The molecule has 114 valence electrons. The third-order valence-electron chi connectivity index (χ3n) is 2.53. The summed E-state index contributed by atoms with van der Waals surface area (Å²) in [5.41, 5.74) is 0.951. The van der Waals surface area contributed by atoms with E-state index in [1.54, 1.807) is 12.3 Å². The first-order chi connectivity index (χ1) is 9.45. The third kappa shape index (κ3) is 5.96. The van der Waals surface area contributed by atoms with Crippen molar-refractivity contribution in [3.63, 3.8) is 0 Å². The summed E-state index contributed by atoms with van der Waals surface area (Å²) in [6, 6.07) is 3.65. The summed E-state index contributed by atoms with van der Waals surface area (Å²) in [5.74, 6) is 0. The lowest BCUT2D eigenvalue weighted by molar-refractivity contribution is 0.153. The van der Waals surface area contributed by atoms with Crippen LogP contribution in [0.15, 0.2) is 23.4 Å². The van der Waals surface area contributed by atoms with Gasteiger partial charge in [0.1, 0.15) is 0 Å². The molecule has 0 spiro atoms. The number of hydrogen-bond acceptors (Lipinski definition) is 5. The van der Waals surface area contributed by atoms with Gasteiger partial charge in [0.25, 0.3) is 10.0 Å². The molecule has 0 radical (unpaired) electrons. The van der Waals surface area contributed by atoms with Crippen LogP contribution in [-0.2, 0) is 21.3 Å². The van der Waals surface area contributed by atoms with E-state index in [0.717, 1.165) is 5.56 Å². The van der Waals surface area contributed by atoms with Crippen LogP contribution in [-0.4, -0.2) is 39.2 Å². The largest absolute Gasteiger partial charge is 0.380 e. The summed E-state index contributed by atoms with van der Waals surface area (Å²) in [6.07, 6.45) is 1.58. The van der Waals surface area contributed by atoms with Gasteiger partial charge in [0.15, 0.2) is 5.03 Å². The van der Waals surface area contributed by atoms with Gasteiger partial charge in [0.05, 0.1) is 6.61 Å². The fourth-order valence-electron chi connectivity index (χ4n) is 1.46. The molecule has 0 aliphatic rings. The Labute approximate surface area is 121 Å². The normalized spacial score (nSPS) is 12.0. The van der Waals surface area contributed by atoms with Crippen molar-refractivity contribution < 1.29 is 13.2 Å². The van der Waals surface area contributed by atoms with Gasteiger partial charge in [0, 0.05) is 31.9 Å². The molecule has 1 aromatic rings. The Morgan fingerprint density at radius 1 is 1.35 bits per heavy atom. The summed E-state index contributed by atoms with van der Waals surface area (Å²) in [4.78, 5) is 4.00. The first-order valence-corrected chi connectivity index (χ1v) is 8.19. The Morgan fingerprint density at radius 2 is 2.10 bits per heavy atom. The molecule has 1 rings (SSSR count). The van der Waals surface area contributed by atoms with Crippen molar-refractivity contribution in [3.05, 3.63) is 23.9 Å². The van der Waals surface area contributed by atoms with Gasteiger partial charge < -0.3 is 10.1 Å². The smallest absolute Gasteiger partial charge is 0.258 e. The molecule has 0 bridgehead atoms. The topological polar surface area (TPSA) is 80.3 Å². The maximum Gasteiger partial charge on any atom is 0.258 e. The maximum atomic E-state index is 11.9. The molecule has 1 heterocycles. The van der Waals surface area contributed by atoms with Gasteiger partial charge in [-0.05, 0) is 18.6 Å². The average molecular weight is 301 g/mol. The van der Waals surface area contributed by atoms with E-state index in [1.807, 2.05) is 6.92 Å². The van der Waals surface area contributed by atoms with Crippen molar-refractivity contribution in [2.45, 2.75) is 38.4 Å². The number of nitrogens with one attached hydrogen (secondary N) is 2. The van der Waals surface area contributed by atoms with Gasteiger partial charge in [-0.25, -0.2) is 18.1 Å². The maximum absolute atomic E-state index is 11.9. The number of rotatable bonds is 9. The number of aromatic nitrogens is 1. The highest BCUT2D eigenvalue weighted by Gasteiger charge is 2.14. The predicted octanol–water partition coefficient (Wildman–Crippen LogP) is 0.894. The molecule has 0 aliphatic heterocycles. The number of hydrogen-bond donors (Lipinski definition) is 2. The molecule has 0 atom stereocenters. The standard InChI is InChI=1S/C13H23N3O3S/c1-4-19-8-7-16-20(17,18)13-6-5-12(10-15-13)9-14-11(2)3/h5-6,10-11,14,16H,4,7-9H2,1-3H3. The van der Waals surface area contributed by atoms with Gasteiger partial charge in [-0.1, -0.05) is 19.9 Å². The van der Waals surface area contributed by atoms with Gasteiger partial charge >= 0.3 is 0 Å². The monoisotopic (exact) mass is 301 g/mol. The highest BCUT2D eigenvalue weighted by atomic mass is 32.2. The minimum atomic E-state index is -3.55. The summed E-state index contributed by atoms with van der Waals surface area (Å²) >= 11 is 0. The zero-order valence-electron chi connectivity index (χ0n) is 12.2. The fraction of sp³-hybridized carbons (Fsp3) is 0.615. The highest BCUT2D eigenvalue weighted by molar-refractivity contribution is 7.89. The van der Waals surface area contributed by atoms with Gasteiger partial charge in [0.2, 0.25) is 0 Å². The molecule has 2 N–H and O–H groups in total. The van der Waals surface area contributed by atoms with Crippen molar-refractivity contribution in [2.75, 3.05) is 19.8 Å². The Balaban J connectivity index is 2.57. The van der Waals surface area contributed by atoms with Crippen molar-refractivity contribution in [2.24, 2.45) is 0 Å². The number of nitrogens with zero attached hydrogens (tertiary/aromatic N) is 1. The molecule has 7 heteroatoms. The molecule has 0 aromatic carbocycles. The Hall–Kier alpha value is -1.02. The second-order valence-electron chi connectivity index (χ2n) is 4.63. The van der Waals surface area contributed by atoms with E-state index in [9.17, 15) is 8.42 Å². The van der Waals surface area contributed by atoms with Crippen LogP contribution < -0.4 is 10.0 Å². The number of pyridine rings is 1. The van der Waals surface area contributed by atoms with Crippen LogP contribution in [0.5, 0.6) is 0 Å². The van der Waals surface area contributed by atoms with Crippen molar-refractivity contribution in [3.8, 4) is 0 Å². The molecule has 0 saturated heterocycles. The van der Waals surface area contributed by atoms with E-state index < -0.39 is 10.0 Å². The Bertz CT molecular complexity index is 486. The first-order valence-electron chi connectivity index (χ1n) is 6.71. The van der Waals surface area contributed by atoms with E-state index in [4.69, 9.17) is 4.74 Å². The lowest BCUT2D eigenvalue weighted by atomic mass is 10.2. The van der Waals surface area contributed by atoms with Crippen LogP contribution in [0.2, 0.25) is 0 Å². The summed E-state index contributed by atoms with van der Waals surface area (Å²) < 4.78 is 31.4. The molecule has 1 aromatic heterocycles. The van der Waals surface area contributed by atoms with Crippen LogP contribution in [0.1, 0.15) is 26.3 Å². The molecule has 0 unspecified atom stereocenters. The quantitative estimate of drug-likeness (QED) is 0.662. The fourth-order valence-corrected chi connectivity index (χ4v) is 2.40. The van der Waals surface area contributed by atoms with Gasteiger partial charge in [-0.15, -0.1) is 0 Å². The van der Waals surface area contributed by atoms with Crippen LogP contribution in [0, 0.1) is 0 Å². The summed E-state index contributed by atoms with van der Waals surface area (Å²) in [7, 11) is -3.55. The van der Waals surface area contributed by atoms with Crippen LogP contribution in [0.25, 0.3) is 0 Å². The van der Waals surface area contributed by atoms with E-state index in [0.29, 0.717) is 25.8 Å². The molecule has 0 amide bonds. The molecule has 0 aliphatic carbocycles. The molecular weight excluding hydrogens is 278 g/mol. The first kappa shape index (κ1) is 17.0. The van der Waals surface area contributed by atoms with Crippen molar-refractivity contribution in [1.29, 1.82) is 0 Å². The molecule has 0 fully saturated rings. The molecule has 0 saturated carbocycles. The zero-order chi connectivity index (χ0) is 15.0. The highest BCUT2D eigenvalue weighted by Crippen LogP contribution is 2.06. The minimum absolute atomic E-state index is 0.0299.